The lowest BCUT2D eigenvalue weighted by atomic mass is 10.1. The molecule has 1 aromatic heterocycles. The lowest BCUT2D eigenvalue weighted by Crippen LogP contribution is -2.26. The van der Waals surface area contributed by atoms with Gasteiger partial charge in [0.15, 0.2) is 0 Å². The van der Waals surface area contributed by atoms with Gasteiger partial charge >= 0.3 is 0 Å². The molecular weight excluding hydrogens is 324 g/mol. The molecule has 2 aromatic rings. The van der Waals surface area contributed by atoms with Crippen molar-refractivity contribution in [3.63, 3.8) is 0 Å². The molecule has 0 aliphatic carbocycles. The molecule has 5 heteroatoms. The highest BCUT2D eigenvalue weighted by molar-refractivity contribution is 9.10. The number of nitrogens with one attached hydrogen (secondary N) is 1. The number of thiazole rings is 1. The summed E-state index contributed by atoms with van der Waals surface area (Å²) < 4.78 is 6.21. The number of rotatable bonds is 6. The van der Waals surface area contributed by atoms with Crippen LogP contribution in [-0.4, -0.2) is 25.2 Å². The fourth-order valence-corrected chi connectivity index (χ4v) is 3.33. The summed E-state index contributed by atoms with van der Waals surface area (Å²) in [5.41, 5.74) is 2.45. The van der Waals surface area contributed by atoms with Crippen molar-refractivity contribution in [2.24, 2.45) is 0 Å². The van der Waals surface area contributed by atoms with Crippen molar-refractivity contribution in [2.45, 2.75) is 13.0 Å². The van der Waals surface area contributed by atoms with Gasteiger partial charge in [0.05, 0.1) is 12.6 Å². The molecule has 1 unspecified atom stereocenters. The van der Waals surface area contributed by atoms with Crippen LogP contribution in [0.3, 0.4) is 0 Å². The zero-order valence-electron chi connectivity index (χ0n) is 11.0. The van der Waals surface area contributed by atoms with E-state index < -0.39 is 0 Å². The molecule has 0 aliphatic heterocycles. The predicted octanol–water partition coefficient (Wildman–Crippen LogP) is 3.54. The molecule has 1 N–H and O–H groups in total. The number of hydrogen-bond donors (Lipinski definition) is 1. The van der Waals surface area contributed by atoms with Crippen LogP contribution in [0, 0.1) is 6.92 Å². The monoisotopic (exact) mass is 340 g/mol. The number of benzene rings is 1. The number of aromatic nitrogens is 1. The van der Waals surface area contributed by atoms with Crippen LogP contribution in [0.4, 0.5) is 0 Å². The molecule has 102 valence electrons. The normalized spacial score (nSPS) is 12.6. The van der Waals surface area contributed by atoms with Crippen LogP contribution < -0.4 is 5.32 Å². The number of nitrogens with zero attached hydrogens (tertiary/aromatic N) is 1. The Kier molecular flexibility index (Phi) is 5.51. The van der Waals surface area contributed by atoms with E-state index in [4.69, 9.17) is 4.74 Å². The maximum Gasteiger partial charge on any atom is 0.114 e. The van der Waals surface area contributed by atoms with E-state index in [-0.39, 0.29) is 6.04 Å². The first kappa shape index (κ1) is 14.7. The molecule has 0 fully saturated rings. The summed E-state index contributed by atoms with van der Waals surface area (Å²) in [7, 11) is 1.71. The molecule has 0 spiro atoms. The quantitative estimate of drug-likeness (QED) is 0.816. The second-order valence-electron chi connectivity index (χ2n) is 4.28. The lowest BCUT2D eigenvalue weighted by molar-refractivity contribution is 0.197. The number of hydrogen-bond acceptors (Lipinski definition) is 4. The molecule has 19 heavy (non-hydrogen) atoms. The van der Waals surface area contributed by atoms with Gasteiger partial charge in [0.1, 0.15) is 5.01 Å². The summed E-state index contributed by atoms with van der Waals surface area (Å²) >= 11 is 5.31. The van der Waals surface area contributed by atoms with E-state index >= 15 is 0 Å². The highest BCUT2D eigenvalue weighted by atomic mass is 79.9. The van der Waals surface area contributed by atoms with Crippen molar-refractivity contribution < 1.29 is 4.74 Å². The van der Waals surface area contributed by atoms with Crippen molar-refractivity contribution in [3.8, 4) is 0 Å². The van der Waals surface area contributed by atoms with Crippen LogP contribution in [0.5, 0.6) is 0 Å². The van der Waals surface area contributed by atoms with Gasteiger partial charge in [-0.1, -0.05) is 28.1 Å². The zero-order valence-corrected chi connectivity index (χ0v) is 13.4. The summed E-state index contributed by atoms with van der Waals surface area (Å²) in [5.74, 6) is 0. The fraction of sp³-hybridized carbons (Fsp3) is 0.357. The second-order valence-corrected chi connectivity index (χ2v) is 6.06. The minimum absolute atomic E-state index is 0.102. The Hall–Kier alpha value is -0.750. The zero-order chi connectivity index (χ0) is 13.7. The molecule has 0 saturated carbocycles. The Balaban J connectivity index is 2.26. The number of methoxy groups -OCH3 is 1. The van der Waals surface area contributed by atoms with Crippen molar-refractivity contribution in [3.05, 3.63) is 50.4 Å². The molecule has 0 bridgehead atoms. The van der Waals surface area contributed by atoms with Crippen molar-refractivity contribution in [2.75, 3.05) is 20.3 Å². The van der Waals surface area contributed by atoms with E-state index in [0.29, 0.717) is 6.61 Å². The summed E-state index contributed by atoms with van der Waals surface area (Å²) in [6.07, 6.45) is 1.84. The van der Waals surface area contributed by atoms with Crippen molar-refractivity contribution in [1.82, 2.24) is 10.3 Å². The Morgan fingerprint density at radius 1 is 1.47 bits per heavy atom. The Morgan fingerprint density at radius 3 is 2.95 bits per heavy atom. The first-order chi connectivity index (χ1) is 9.22. The van der Waals surface area contributed by atoms with Gasteiger partial charge in [-0.3, -0.25) is 0 Å². The Labute approximate surface area is 126 Å². The van der Waals surface area contributed by atoms with E-state index in [1.54, 1.807) is 18.4 Å². The molecule has 1 heterocycles. The number of aryl methyl sites for hydroxylation is 1. The van der Waals surface area contributed by atoms with Crippen LogP contribution in [-0.2, 0) is 4.74 Å². The summed E-state index contributed by atoms with van der Waals surface area (Å²) in [6.45, 7) is 3.57. The maximum atomic E-state index is 5.10. The number of halogens is 1. The van der Waals surface area contributed by atoms with Crippen molar-refractivity contribution in [1.29, 1.82) is 0 Å². The molecule has 2 rings (SSSR count). The van der Waals surface area contributed by atoms with Gasteiger partial charge in [-0.15, -0.1) is 11.3 Å². The topological polar surface area (TPSA) is 34.1 Å². The van der Waals surface area contributed by atoms with E-state index in [2.05, 4.69) is 51.4 Å². The van der Waals surface area contributed by atoms with E-state index in [1.807, 2.05) is 11.6 Å². The highest BCUT2D eigenvalue weighted by Crippen LogP contribution is 2.30. The molecule has 3 nitrogen and oxygen atoms in total. The summed E-state index contributed by atoms with van der Waals surface area (Å²) in [5, 5.41) is 6.57. The Bertz CT molecular complexity index is 516. The van der Waals surface area contributed by atoms with Crippen LogP contribution in [0.2, 0.25) is 0 Å². The van der Waals surface area contributed by atoms with Gasteiger partial charge in [-0.25, -0.2) is 4.98 Å². The summed E-state index contributed by atoms with van der Waals surface area (Å²) in [6, 6.07) is 6.50. The first-order valence-corrected chi connectivity index (χ1v) is 7.77. The molecule has 1 atom stereocenters. The van der Waals surface area contributed by atoms with Crippen LogP contribution >= 0.6 is 27.3 Å². The van der Waals surface area contributed by atoms with Gasteiger partial charge in [0.2, 0.25) is 0 Å². The summed E-state index contributed by atoms with van der Waals surface area (Å²) in [4.78, 5) is 4.43. The third kappa shape index (κ3) is 3.86. The molecular formula is C14H17BrN2OS. The molecule has 0 aliphatic rings. The van der Waals surface area contributed by atoms with Crippen molar-refractivity contribution >= 4 is 27.3 Å². The smallest absolute Gasteiger partial charge is 0.114 e. The predicted molar refractivity (Wildman–Crippen MR) is 82.7 cm³/mol. The van der Waals surface area contributed by atoms with Crippen LogP contribution in [0.25, 0.3) is 0 Å². The molecule has 0 radical (unpaired) electrons. The fourth-order valence-electron chi connectivity index (χ4n) is 1.88. The minimum Gasteiger partial charge on any atom is -0.383 e. The number of ether oxygens (including phenoxy) is 1. The Morgan fingerprint density at radius 2 is 2.32 bits per heavy atom. The molecule has 0 amide bonds. The highest BCUT2D eigenvalue weighted by Gasteiger charge is 2.18. The first-order valence-electron chi connectivity index (χ1n) is 6.10. The van der Waals surface area contributed by atoms with Crippen LogP contribution in [0.1, 0.15) is 22.2 Å². The van der Waals surface area contributed by atoms with Gasteiger partial charge in [-0.05, 0) is 24.1 Å². The van der Waals surface area contributed by atoms with E-state index in [9.17, 15) is 0 Å². The lowest BCUT2D eigenvalue weighted by Gasteiger charge is -2.18. The van der Waals surface area contributed by atoms with Gasteiger partial charge in [0, 0.05) is 29.7 Å². The largest absolute Gasteiger partial charge is 0.383 e. The third-order valence-corrected chi connectivity index (χ3v) is 4.35. The second kappa shape index (κ2) is 7.14. The van der Waals surface area contributed by atoms with Crippen LogP contribution in [0.15, 0.2) is 34.2 Å². The SMILES string of the molecule is COCCNC(c1nccs1)c1ccc(C)cc1Br. The maximum absolute atomic E-state index is 5.10. The average Bonchev–Trinajstić information content (AvgIpc) is 2.89. The van der Waals surface area contributed by atoms with E-state index in [1.165, 1.54) is 11.1 Å². The minimum atomic E-state index is 0.102. The van der Waals surface area contributed by atoms with E-state index in [0.717, 1.165) is 16.0 Å². The van der Waals surface area contributed by atoms with Gasteiger partial charge < -0.3 is 10.1 Å². The molecule has 0 saturated heterocycles. The molecule has 1 aromatic carbocycles. The van der Waals surface area contributed by atoms with Gasteiger partial charge in [-0.2, -0.15) is 0 Å². The standard InChI is InChI=1S/C14H17BrN2OS/c1-10-3-4-11(12(15)9-10)13(16-5-7-18-2)14-17-6-8-19-14/h3-4,6,8-9,13,16H,5,7H2,1-2H3. The van der Waals surface area contributed by atoms with Gasteiger partial charge in [0.25, 0.3) is 0 Å². The average molecular weight is 341 g/mol. The third-order valence-electron chi connectivity index (χ3n) is 2.82.